The zero-order valence-corrected chi connectivity index (χ0v) is 19.0. The molecule has 34 heavy (non-hydrogen) atoms. The zero-order chi connectivity index (χ0) is 24.4. The number of amidine groups is 1. The van der Waals surface area contributed by atoms with E-state index in [0.29, 0.717) is 39.4 Å². The third-order valence-corrected chi connectivity index (χ3v) is 6.15. The number of carboxylic acids is 1. The number of carbonyl (C=O) groups is 2. The molecule has 0 bridgehead atoms. The van der Waals surface area contributed by atoms with E-state index in [1.807, 2.05) is 13.8 Å². The second-order valence-electron chi connectivity index (χ2n) is 7.36. The van der Waals surface area contributed by atoms with Crippen LogP contribution in [0.25, 0.3) is 17.4 Å². The molecule has 1 aliphatic heterocycles. The third kappa shape index (κ3) is 4.62. The zero-order valence-electron chi connectivity index (χ0n) is 18.2. The van der Waals surface area contributed by atoms with Gasteiger partial charge in [-0.3, -0.25) is 19.8 Å². The maximum Gasteiger partial charge on any atom is 0.335 e. The first-order chi connectivity index (χ1) is 16.3. The summed E-state index contributed by atoms with van der Waals surface area (Å²) in [6.07, 6.45) is 1.61. The molecule has 1 N–H and O–H groups in total. The van der Waals surface area contributed by atoms with Crippen molar-refractivity contribution in [2.24, 2.45) is 4.99 Å². The molecule has 172 valence electrons. The van der Waals surface area contributed by atoms with Crippen LogP contribution in [-0.4, -0.2) is 38.5 Å². The number of nitrogens with zero attached hydrogens (tertiary/aromatic N) is 3. The summed E-state index contributed by atoms with van der Waals surface area (Å²) in [4.78, 5) is 41.0. The van der Waals surface area contributed by atoms with Crippen molar-refractivity contribution in [1.29, 1.82) is 0 Å². The fraction of sp³-hybridized carbons (Fsp3) is 0.125. The van der Waals surface area contributed by atoms with Crippen LogP contribution < -0.4 is 0 Å². The van der Waals surface area contributed by atoms with Crippen molar-refractivity contribution in [3.63, 3.8) is 0 Å². The molecule has 0 atom stereocenters. The van der Waals surface area contributed by atoms with Crippen LogP contribution in [0.5, 0.6) is 0 Å². The van der Waals surface area contributed by atoms with Gasteiger partial charge in [-0.05, 0) is 67.6 Å². The lowest BCUT2D eigenvalue weighted by molar-refractivity contribution is -0.384. The number of likely N-dealkylation sites (N-methyl/N-ethyl adjacent to an activating group) is 1. The van der Waals surface area contributed by atoms with Gasteiger partial charge in [-0.1, -0.05) is 6.07 Å². The van der Waals surface area contributed by atoms with Crippen LogP contribution in [0, 0.1) is 17.0 Å². The average molecular weight is 477 g/mol. The van der Waals surface area contributed by atoms with Crippen LogP contribution in [0.3, 0.4) is 0 Å². The average Bonchev–Trinajstić information content (AvgIpc) is 3.38. The van der Waals surface area contributed by atoms with Crippen molar-refractivity contribution in [1.82, 2.24) is 4.90 Å². The van der Waals surface area contributed by atoms with Crippen LogP contribution in [0.1, 0.15) is 28.6 Å². The monoisotopic (exact) mass is 477 g/mol. The molecule has 1 saturated heterocycles. The van der Waals surface area contributed by atoms with Crippen molar-refractivity contribution < 1.29 is 24.0 Å². The van der Waals surface area contributed by atoms with Crippen molar-refractivity contribution >= 4 is 46.3 Å². The van der Waals surface area contributed by atoms with Gasteiger partial charge >= 0.3 is 5.97 Å². The maximum atomic E-state index is 12.9. The summed E-state index contributed by atoms with van der Waals surface area (Å²) in [6.45, 7) is 4.08. The minimum Gasteiger partial charge on any atom is -0.478 e. The molecule has 1 aliphatic rings. The molecule has 2 heterocycles. The standard InChI is InChI=1S/C24H19N3O6S/c1-3-26-22(28)21(34-24(26)25-16-7-5-15(6-8-16)23(29)30)13-18-10-11-20(33-18)19-12-17(27(31)32)9-4-14(19)2/h4-13H,3H2,1-2H3,(H,29,30)/b21-13+,25-24?. The number of non-ortho nitro benzene ring substituents is 1. The second-order valence-corrected chi connectivity index (χ2v) is 8.37. The summed E-state index contributed by atoms with van der Waals surface area (Å²) in [5.41, 5.74) is 2.08. The van der Waals surface area contributed by atoms with Crippen LogP contribution in [0.2, 0.25) is 0 Å². The Hall–Kier alpha value is -4.18. The minimum atomic E-state index is -1.02. The van der Waals surface area contributed by atoms with E-state index in [0.717, 1.165) is 5.56 Å². The van der Waals surface area contributed by atoms with E-state index in [-0.39, 0.29) is 17.2 Å². The molecule has 3 aromatic rings. The Morgan fingerprint density at radius 3 is 2.59 bits per heavy atom. The van der Waals surface area contributed by atoms with Gasteiger partial charge in [-0.25, -0.2) is 9.79 Å². The highest BCUT2D eigenvalue weighted by Gasteiger charge is 2.32. The van der Waals surface area contributed by atoms with Crippen molar-refractivity contribution in [2.45, 2.75) is 13.8 Å². The van der Waals surface area contributed by atoms with Crippen LogP contribution in [0.4, 0.5) is 11.4 Å². The number of furan rings is 1. The molecular formula is C24H19N3O6S. The van der Waals surface area contributed by atoms with Gasteiger partial charge in [0.25, 0.3) is 11.6 Å². The van der Waals surface area contributed by atoms with Crippen molar-refractivity contribution in [2.75, 3.05) is 6.54 Å². The number of aliphatic imine (C=N–C) groups is 1. The molecule has 2 aromatic carbocycles. The number of carboxylic acid groups (broad SMARTS) is 1. The lowest BCUT2D eigenvalue weighted by atomic mass is 10.1. The van der Waals surface area contributed by atoms with E-state index in [9.17, 15) is 19.7 Å². The first-order valence-corrected chi connectivity index (χ1v) is 11.1. The Balaban J connectivity index is 1.61. The molecule has 0 radical (unpaired) electrons. The lowest BCUT2D eigenvalue weighted by Gasteiger charge is -2.11. The topological polar surface area (TPSA) is 126 Å². The molecule has 1 fully saturated rings. The van der Waals surface area contributed by atoms with Gasteiger partial charge in [-0.15, -0.1) is 0 Å². The molecule has 1 amide bonds. The Morgan fingerprint density at radius 1 is 1.21 bits per heavy atom. The van der Waals surface area contributed by atoms with Crippen LogP contribution >= 0.6 is 11.8 Å². The molecule has 0 saturated carbocycles. The van der Waals surface area contributed by atoms with Gasteiger partial charge in [0.05, 0.1) is 21.1 Å². The van der Waals surface area contributed by atoms with Gasteiger partial charge in [0.1, 0.15) is 11.5 Å². The summed E-state index contributed by atoms with van der Waals surface area (Å²) in [7, 11) is 0. The van der Waals surface area contributed by atoms with E-state index in [1.54, 1.807) is 36.4 Å². The van der Waals surface area contributed by atoms with E-state index < -0.39 is 10.9 Å². The first-order valence-electron chi connectivity index (χ1n) is 10.3. The lowest BCUT2D eigenvalue weighted by Crippen LogP contribution is -2.28. The Bertz CT molecular complexity index is 1360. The molecule has 1 aromatic heterocycles. The molecule has 0 aliphatic carbocycles. The van der Waals surface area contributed by atoms with E-state index in [2.05, 4.69) is 4.99 Å². The third-order valence-electron chi connectivity index (χ3n) is 5.14. The molecule has 0 unspecified atom stereocenters. The number of aryl methyl sites for hydroxylation is 1. The predicted octanol–water partition coefficient (Wildman–Crippen LogP) is 5.49. The maximum absolute atomic E-state index is 12.9. The smallest absolute Gasteiger partial charge is 0.335 e. The number of amides is 1. The van der Waals surface area contributed by atoms with Crippen LogP contribution in [-0.2, 0) is 4.79 Å². The Morgan fingerprint density at radius 2 is 1.94 bits per heavy atom. The number of aromatic carboxylic acids is 1. The molecular weight excluding hydrogens is 458 g/mol. The predicted molar refractivity (Wildman–Crippen MR) is 129 cm³/mol. The fourth-order valence-corrected chi connectivity index (χ4v) is 4.40. The van der Waals surface area contributed by atoms with Crippen molar-refractivity contribution in [3.8, 4) is 11.3 Å². The van der Waals surface area contributed by atoms with Gasteiger partial charge in [0, 0.05) is 30.3 Å². The van der Waals surface area contributed by atoms with E-state index in [1.165, 1.54) is 40.9 Å². The quantitative estimate of drug-likeness (QED) is 0.283. The summed E-state index contributed by atoms with van der Waals surface area (Å²) < 4.78 is 5.87. The SMILES string of the molecule is CCN1C(=O)/C(=C\c2ccc(-c3cc([N+](=O)[O-])ccc3C)o2)SC1=Nc1ccc(C(=O)O)cc1. The molecule has 9 nitrogen and oxygen atoms in total. The number of nitro benzene ring substituents is 1. The Labute approximate surface area is 198 Å². The van der Waals surface area contributed by atoms with Crippen LogP contribution in [0.15, 0.2) is 68.9 Å². The van der Waals surface area contributed by atoms with E-state index in [4.69, 9.17) is 9.52 Å². The molecule has 10 heteroatoms. The van der Waals surface area contributed by atoms with Gasteiger partial charge < -0.3 is 9.52 Å². The number of hydrogen-bond acceptors (Lipinski definition) is 7. The largest absolute Gasteiger partial charge is 0.478 e. The normalized spacial score (nSPS) is 15.9. The summed E-state index contributed by atoms with van der Waals surface area (Å²) in [6, 6.07) is 14.0. The number of benzene rings is 2. The number of nitro groups is 1. The highest BCUT2D eigenvalue weighted by molar-refractivity contribution is 8.18. The number of hydrogen-bond donors (Lipinski definition) is 1. The van der Waals surface area contributed by atoms with Gasteiger partial charge in [0.15, 0.2) is 5.17 Å². The summed E-state index contributed by atoms with van der Waals surface area (Å²) in [5, 5.41) is 20.6. The highest BCUT2D eigenvalue weighted by Crippen LogP contribution is 2.35. The van der Waals surface area contributed by atoms with Gasteiger partial charge in [0.2, 0.25) is 0 Å². The summed E-state index contributed by atoms with van der Waals surface area (Å²) in [5.74, 6) is -0.357. The number of carbonyl (C=O) groups excluding carboxylic acids is 1. The molecule has 0 spiro atoms. The first kappa shape index (κ1) is 23.0. The van der Waals surface area contributed by atoms with Crippen molar-refractivity contribution in [3.05, 3.63) is 86.5 Å². The minimum absolute atomic E-state index is 0.0331. The number of rotatable bonds is 6. The summed E-state index contributed by atoms with van der Waals surface area (Å²) >= 11 is 1.19. The molecule has 4 rings (SSSR count). The van der Waals surface area contributed by atoms with Gasteiger partial charge in [-0.2, -0.15) is 0 Å². The second kappa shape index (κ2) is 9.36. The number of thioether (sulfide) groups is 1. The highest BCUT2D eigenvalue weighted by atomic mass is 32.2. The fourth-order valence-electron chi connectivity index (χ4n) is 3.35. The Kier molecular flexibility index (Phi) is 6.33. The van der Waals surface area contributed by atoms with E-state index >= 15 is 0 Å².